The molecule has 4 rings (SSSR count). The monoisotopic (exact) mass is 538 g/mol. The fourth-order valence-corrected chi connectivity index (χ4v) is 5.69. The number of sulfonamides is 1. The van der Waals surface area contributed by atoms with Crippen molar-refractivity contribution in [3.8, 4) is 17.2 Å². The average molecular weight is 539 g/mol. The lowest BCUT2D eigenvalue weighted by Crippen LogP contribution is -2.42. The molecule has 0 aliphatic carbocycles. The number of nitrogens with zero attached hydrogens (tertiary/aromatic N) is 2. The summed E-state index contributed by atoms with van der Waals surface area (Å²) in [6.45, 7) is 4.75. The summed E-state index contributed by atoms with van der Waals surface area (Å²) in [6.07, 6.45) is 0.634. The summed E-state index contributed by atoms with van der Waals surface area (Å²) < 4.78 is 43.4. The molecule has 0 saturated carbocycles. The number of ether oxygens (including phenoxy) is 3. The van der Waals surface area contributed by atoms with Gasteiger partial charge in [-0.3, -0.25) is 4.79 Å². The molecule has 8 nitrogen and oxygen atoms in total. The minimum Gasteiger partial charge on any atom is -0.493 e. The van der Waals surface area contributed by atoms with E-state index in [0.717, 1.165) is 32.3 Å². The molecule has 1 atom stereocenters. The molecule has 1 unspecified atom stereocenters. The summed E-state index contributed by atoms with van der Waals surface area (Å²) in [7, 11) is 2.54. The smallest absolute Gasteiger partial charge is 0.254 e. The third-order valence-corrected chi connectivity index (χ3v) is 8.58. The highest BCUT2D eigenvalue weighted by Gasteiger charge is 2.33. The Bertz CT molecular complexity index is 1410. The van der Waals surface area contributed by atoms with Crippen LogP contribution in [0.3, 0.4) is 0 Å². The van der Waals surface area contributed by atoms with Crippen molar-refractivity contribution < 1.29 is 27.4 Å². The van der Waals surface area contributed by atoms with Gasteiger partial charge in [-0.2, -0.15) is 0 Å². The van der Waals surface area contributed by atoms with Crippen LogP contribution in [0.1, 0.15) is 38.7 Å². The number of amides is 1. The van der Waals surface area contributed by atoms with E-state index in [0.29, 0.717) is 30.0 Å². The van der Waals surface area contributed by atoms with Gasteiger partial charge in [0.25, 0.3) is 5.91 Å². The fourth-order valence-electron chi connectivity index (χ4n) is 4.79. The highest BCUT2D eigenvalue weighted by Crippen LogP contribution is 2.39. The Morgan fingerprint density at radius 2 is 1.55 bits per heavy atom. The first-order valence-electron chi connectivity index (χ1n) is 12.3. The van der Waals surface area contributed by atoms with Gasteiger partial charge in [-0.15, -0.1) is 0 Å². The molecular weight excluding hydrogens is 504 g/mol. The highest BCUT2D eigenvalue weighted by atomic mass is 32.2. The van der Waals surface area contributed by atoms with Gasteiger partial charge in [0.15, 0.2) is 11.5 Å². The summed E-state index contributed by atoms with van der Waals surface area (Å²) in [4.78, 5) is 15.7. The van der Waals surface area contributed by atoms with Crippen LogP contribution in [-0.4, -0.2) is 65.0 Å². The van der Waals surface area contributed by atoms with Crippen LogP contribution >= 0.6 is 0 Å². The first kappa shape index (κ1) is 27.5. The maximum Gasteiger partial charge on any atom is 0.254 e. The molecule has 0 saturated heterocycles. The summed E-state index contributed by atoms with van der Waals surface area (Å²) in [6, 6.07) is 15.6. The molecule has 0 spiro atoms. The maximum absolute atomic E-state index is 13.8. The molecule has 1 amide bonds. The van der Waals surface area contributed by atoms with E-state index in [1.807, 2.05) is 38.1 Å². The Morgan fingerprint density at radius 3 is 2.13 bits per heavy atom. The Kier molecular flexibility index (Phi) is 7.99. The number of fused-ring (bicyclic) bond motifs is 1. The van der Waals surface area contributed by atoms with Crippen LogP contribution in [0.4, 0.5) is 0 Å². The van der Waals surface area contributed by atoms with Crippen molar-refractivity contribution in [3.05, 3.63) is 82.4 Å². The Balaban J connectivity index is 1.70. The second-order valence-corrected chi connectivity index (χ2v) is 11.8. The third kappa shape index (κ3) is 5.49. The third-order valence-electron chi connectivity index (χ3n) is 6.75. The molecule has 9 heteroatoms. The van der Waals surface area contributed by atoms with Gasteiger partial charge in [0.05, 0.1) is 25.2 Å². The lowest BCUT2D eigenvalue weighted by atomic mass is 9.91. The molecule has 3 aromatic rings. The predicted molar refractivity (Wildman–Crippen MR) is 146 cm³/mol. The van der Waals surface area contributed by atoms with Gasteiger partial charge in [0, 0.05) is 26.2 Å². The van der Waals surface area contributed by atoms with E-state index in [-0.39, 0.29) is 17.4 Å². The van der Waals surface area contributed by atoms with Crippen LogP contribution in [0, 0.1) is 13.8 Å². The van der Waals surface area contributed by atoms with E-state index in [2.05, 4.69) is 6.07 Å². The molecule has 1 heterocycles. The van der Waals surface area contributed by atoms with Gasteiger partial charge >= 0.3 is 0 Å². The van der Waals surface area contributed by atoms with Crippen molar-refractivity contribution in [2.45, 2.75) is 31.2 Å². The van der Waals surface area contributed by atoms with Crippen LogP contribution < -0.4 is 14.2 Å². The minimum absolute atomic E-state index is 0.134. The molecular formula is C29H34N2O6S. The highest BCUT2D eigenvalue weighted by molar-refractivity contribution is 7.89. The van der Waals surface area contributed by atoms with E-state index in [1.54, 1.807) is 31.3 Å². The minimum atomic E-state index is -3.59. The first-order valence-corrected chi connectivity index (χ1v) is 13.8. The molecule has 202 valence electrons. The fraction of sp³-hybridized carbons (Fsp3) is 0.345. The number of methoxy groups -OCH3 is 2. The molecule has 0 aromatic heterocycles. The Morgan fingerprint density at radius 1 is 0.947 bits per heavy atom. The molecule has 0 fully saturated rings. The van der Waals surface area contributed by atoms with Crippen molar-refractivity contribution >= 4 is 15.9 Å². The Hall–Kier alpha value is -3.56. The molecule has 0 N–H and O–H groups in total. The molecule has 3 aromatic carbocycles. The van der Waals surface area contributed by atoms with Gasteiger partial charge in [-0.25, -0.2) is 12.7 Å². The van der Waals surface area contributed by atoms with Gasteiger partial charge in [0.1, 0.15) is 12.4 Å². The lowest BCUT2D eigenvalue weighted by Gasteiger charge is -2.37. The van der Waals surface area contributed by atoms with E-state index in [1.165, 1.54) is 26.2 Å². The number of carbonyl (C=O) groups is 1. The summed E-state index contributed by atoms with van der Waals surface area (Å²) in [5, 5.41) is 0. The molecule has 38 heavy (non-hydrogen) atoms. The summed E-state index contributed by atoms with van der Waals surface area (Å²) in [5.74, 6) is 1.75. The SMILES string of the molecule is COc1cc2c(cc1OC)C(COc1cc(C)cc(C)c1)N(C(=O)c1ccc(S(=O)(=O)N(C)C)cc1)CC2. The first-order chi connectivity index (χ1) is 18.0. The quantitative estimate of drug-likeness (QED) is 0.423. The van der Waals surface area contributed by atoms with Gasteiger partial charge in [0.2, 0.25) is 10.0 Å². The van der Waals surface area contributed by atoms with Crippen LogP contribution in [0.2, 0.25) is 0 Å². The lowest BCUT2D eigenvalue weighted by molar-refractivity contribution is 0.0589. The van der Waals surface area contributed by atoms with Crippen molar-refractivity contribution in [2.75, 3.05) is 41.5 Å². The van der Waals surface area contributed by atoms with E-state index >= 15 is 0 Å². The van der Waals surface area contributed by atoms with Crippen LogP contribution in [-0.2, 0) is 16.4 Å². The van der Waals surface area contributed by atoms with Crippen molar-refractivity contribution in [1.29, 1.82) is 0 Å². The second kappa shape index (κ2) is 11.0. The van der Waals surface area contributed by atoms with Crippen LogP contribution in [0.25, 0.3) is 0 Å². The zero-order chi connectivity index (χ0) is 27.6. The summed E-state index contributed by atoms with van der Waals surface area (Å²) >= 11 is 0. The molecule has 0 bridgehead atoms. The normalized spacial score (nSPS) is 15.2. The van der Waals surface area contributed by atoms with Crippen LogP contribution in [0.15, 0.2) is 59.5 Å². The van der Waals surface area contributed by atoms with E-state index < -0.39 is 16.1 Å². The summed E-state index contributed by atoms with van der Waals surface area (Å²) in [5.41, 5.74) is 4.59. The number of hydrogen-bond acceptors (Lipinski definition) is 6. The molecule has 1 aliphatic rings. The number of benzene rings is 3. The van der Waals surface area contributed by atoms with Crippen molar-refractivity contribution in [3.63, 3.8) is 0 Å². The van der Waals surface area contributed by atoms with E-state index in [4.69, 9.17) is 14.2 Å². The van der Waals surface area contributed by atoms with Gasteiger partial charge in [-0.05, 0) is 91.1 Å². The molecule has 1 aliphatic heterocycles. The van der Waals surface area contributed by atoms with E-state index in [9.17, 15) is 13.2 Å². The Labute approximate surface area is 224 Å². The van der Waals surface area contributed by atoms with Gasteiger partial charge in [-0.1, -0.05) is 6.07 Å². The number of rotatable bonds is 8. The largest absolute Gasteiger partial charge is 0.493 e. The zero-order valence-corrected chi connectivity index (χ0v) is 23.5. The standard InChI is InChI=1S/C29H34N2O6S/c1-19-13-20(2)15-23(14-19)37-18-26-25-17-28(36-6)27(35-5)16-22(25)11-12-31(26)29(32)21-7-9-24(10-8-21)38(33,34)30(3)4/h7-10,13-17,26H,11-12,18H2,1-6H3. The average Bonchev–Trinajstić information content (AvgIpc) is 2.89. The second-order valence-electron chi connectivity index (χ2n) is 9.62. The van der Waals surface area contributed by atoms with Crippen LogP contribution in [0.5, 0.6) is 17.2 Å². The number of hydrogen-bond donors (Lipinski definition) is 0. The predicted octanol–water partition coefficient (Wildman–Crippen LogP) is 4.39. The topological polar surface area (TPSA) is 85.4 Å². The van der Waals surface area contributed by atoms with Gasteiger partial charge < -0.3 is 19.1 Å². The van der Waals surface area contributed by atoms with Crippen molar-refractivity contribution in [2.24, 2.45) is 0 Å². The number of carbonyl (C=O) groups excluding carboxylic acids is 1. The maximum atomic E-state index is 13.8. The van der Waals surface area contributed by atoms with Crippen molar-refractivity contribution in [1.82, 2.24) is 9.21 Å². The number of aryl methyl sites for hydroxylation is 2. The zero-order valence-electron chi connectivity index (χ0n) is 22.6. The molecule has 0 radical (unpaired) electrons.